The highest BCUT2D eigenvalue weighted by atomic mass is 16.6. The van der Waals surface area contributed by atoms with E-state index in [1.165, 1.54) is 17.7 Å². The number of hydrogen-bond donors (Lipinski definition) is 1. The molecule has 0 saturated heterocycles. The molecule has 28 heavy (non-hydrogen) atoms. The molecule has 1 N–H and O–H groups in total. The van der Waals surface area contributed by atoms with Crippen LogP contribution in [0.4, 0.5) is 11.5 Å². The van der Waals surface area contributed by atoms with Crippen LogP contribution in [0.2, 0.25) is 0 Å². The van der Waals surface area contributed by atoms with Gasteiger partial charge in [0.05, 0.1) is 23.4 Å². The number of ether oxygens (including phenoxy) is 1. The Morgan fingerprint density at radius 1 is 1.18 bits per heavy atom. The van der Waals surface area contributed by atoms with Crippen molar-refractivity contribution in [2.24, 2.45) is 0 Å². The molecule has 1 aliphatic heterocycles. The van der Waals surface area contributed by atoms with E-state index in [4.69, 9.17) is 9.84 Å². The summed E-state index contributed by atoms with van der Waals surface area (Å²) in [5, 5.41) is 19.3. The number of benzene rings is 2. The summed E-state index contributed by atoms with van der Waals surface area (Å²) in [4.78, 5) is 10.6. The molecule has 0 unspecified atom stereocenters. The lowest BCUT2D eigenvalue weighted by molar-refractivity contribution is -0.384. The van der Waals surface area contributed by atoms with Gasteiger partial charge in [-0.15, -0.1) is 0 Å². The van der Waals surface area contributed by atoms with E-state index in [-0.39, 0.29) is 5.69 Å². The molecule has 7 heteroatoms. The fourth-order valence-corrected chi connectivity index (χ4v) is 3.65. The number of hydrogen-bond acceptors (Lipinski definition) is 5. The van der Waals surface area contributed by atoms with Crippen molar-refractivity contribution in [1.29, 1.82) is 0 Å². The van der Waals surface area contributed by atoms with Crippen molar-refractivity contribution in [3.8, 4) is 11.4 Å². The first-order valence-corrected chi connectivity index (χ1v) is 9.38. The van der Waals surface area contributed by atoms with E-state index in [2.05, 4.69) is 11.4 Å². The summed E-state index contributed by atoms with van der Waals surface area (Å²) < 4.78 is 7.37. The van der Waals surface area contributed by atoms with Crippen LogP contribution in [0.3, 0.4) is 0 Å². The summed E-state index contributed by atoms with van der Waals surface area (Å²) in [6.07, 6.45) is 3.84. The fraction of sp³-hybridized carbons (Fsp3) is 0.286. The number of nitrogens with zero attached hydrogens (tertiary/aromatic N) is 3. The lowest BCUT2D eigenvalue weighted by Crippen LogP contribution is -2.07. The number of para-hydroxylation sites is 1. The Labute approximate surface area is 163 Å². The van der Waals surface area contributed by atoms with Gasteiger partial charge in [0.2, 0.25) is 0 Å². The van der Waals surface area contributed by atoms with Gasteiger partial charge in [-0.3, -0.25) is 10.1 Å². The first-order chi connectivity index (χ1) is 13.7. The average molecular weight is 378 g/mol. The molecule has 0 saturated carbocycles. The molecule has 0 spiro atoms. The van der Waals surface area contributed by atoms with E-state index in [1.54, 1.807) is 19.2 Å². The lowest BCUT2D eigenvalue weighted by atomic mass is 10.0. The predicted octanol–water partition coefficient (Wildman–Crippen LogP) is 4.13. The van der Waals surface area contributed by atoms with Crippen molar-refractivity contribution in [3.05, 3.63) is 75.5 Å². The smallest absolute Gasteiger partial charge is 0.269 e. The van der Waals surface area contributed by atoms with Crippen molar-refractivity contribution in [1.82, 2.24) is 9.78 Å². The lowest BCUT2D eigenvalue weighted by Gasteiger charge is -2.09. The number of nitro groups is 1. The molecule has 0 fully saturated rings. The van der Waals surface area contributed by atoms with E-state index < -0.39 is 4.92 Å². The summed E-state index contributed by atoms with van der Waals surface area (Å²) in [7, 11) is 1.68. The topological polar surface area (TPSA) is 82.2 Å². The minimum Gasteiger partial charge on any atom is -0.496 e. The summed E-state index contributed by atoms with van der Waals surface area (Å²) in [5.74, 6) is 1.83. The van der Waals surface area contributed by atoms with Crippen LogP contribution < -0.4 is 10.1 Å². The number of non-ortho nitro benzene ring substituents is 1. The standard InChI is InChI=1S/C21H22N4O3/c1-28-20-8-3-2-6-15(20)14-19-18-7-4-5-13-22-21(18)24(23-19)16-9-11-17(12-10-16)25(26)27/h2-3,6,8-12,22H,4-5,7,13-14H2,1H3. The first kappa shape index (κ1) is 18.0. The number of rotatable bonds is 5. The Bertz CT molecular complexity index is 995. The molecule has 0 aliphatic carbocycles. The zero-order valence-electron chi connectivity index (χ0n) is 15.7. The van der Waals surface area contributed by atoms with Crippen LogP contribution >= 0.6 is 0 Å². The molecule has 1 aromatic heterocycles. The fourth-order valence-electron chi connectivity index (χ4n) is 3.65. The van der Waals surface area contributed by atoms with E-state index in [9.17, 15) is 10.1 Å². The van der Waals surface area contributed by atoms with Gasteiger partial charge in [-0.1, -0.05) is 18.2 Å². The molecular weight excluding hydrogens is 356 g/mol. The van der Waals surface area contributed by atoms with E-state index in [1.807, 2.05) is 22.9 Å². The molecule has 0 radical (unpaired) electrons. The number of aromatic nitrogens is 2. The molecule has 7 nitrogen and oxygen atoms in total. The second-order valence-corrected chi connectivity index (χ2v) is 6.83. The van der Waals surface area contributed by atoms with E-state index in [0.29, 0.717) is 6.42 Å². The summed E-state index contributed by atoms with van der Waals surface area (Å²) in [6, 6.07) is 14.5. The molecule has 1 aliphatic rings. The minimum atomic E-state index is -0.390. The molecule has 0 amide bonds. The Hall–Kier alpha value is -3.35. The van der Waals surface area contributed by atoms with Crippen molar-refractivity contribution < 1.29 is 9.66 Å². The number of fused-ring (bicyclic) bond motifs is 1. The molecule has 2 aromatic carbocycles. The molecule has 3 aromatic rings. The summed E-state index contributed by atoms with van der Waals surface area (Å²) >= 11 is 0. The number of nitrogens with one attached hydrogen (secondary N) is 1. The zero-order valence-corrected chi connectivity index (χ0v) is 15.7. The van der Waals surface area contributed by atoms with E-state index >= 15 is 0 Å². The third kappa shape index (κ3) is 3.43. The molecule has 144 valence electrons. The Balaban J connectivity index is 1.76. The Morgan fingerprint density at radius 2 is 1.96 bits per heavy atom. The highest BCUT2D eigenvalue weighted by molar-refractivity contribution is 5.56. The number of nitro benzene ring substituents is 1. The quantitative estimate of drug-likeness (QED) is 0.533. The van der Waals surface area contributed by atoms with Gasteiger partial charge in [-0.2, -0.15) is 5.10 Å². The van der Waals surface area contributed by atoms with Gasteiger partial charge >= 0.3 is 0 Å². The van der Waals surface area contributed by atoms with Crippen LogP contribution in [0.25, 0.3) is 5.69 Å². The molecule has 4 rings (SSSR count). The normalized spacial score (nSPS) is 13.3. The monoisotopic (exact) mass is 378 g/mol. The van der Waals surface area contributed by atoms with Crippen LogP contribution in [0.5, 0.6) is 5.75 Å². The maximum Gasteiger partial charge on any atom is 0.269 e. The second kappa shape index (κ2) is 7.72. The van der Waals surface area contributed by atoms with Gasteiger partial charge in [0.25, 0.3) is 5.69 Å². The highest BCUT2D eigenvalue weighted by Gasteiger charge is 2.22. The Kier molecular flexibility index (Phi) is 4.97. The van der Waals surface area contributed by atoms with Crippen LogP contribution in [0, 0.1) is 10.1 Å². The molecule has 0 bridgehead atoms. The van der Waals surface area contributed by atoms with Crippen LogP contribution in [-0.4, -0.2) is 28.4 Å². The van der Waals surface area contributed by atoms with Gasteiger partial charge in [-0.05, 0) is 37.5 Å². The van der Waals surface area contributed by atoms with Gasteiger partial charge in [-0.25, -0.2) is 4.68 Å². The van der Waals surface area contributed by atoms with Crippen molar-refractivity contribution in [2.75, 3.05) is 19.0 Å². The van der Waals surface area contributed by atoms with Gasteiger partial charge in [0, 0.05) is 36.2 Å². The maximum absolute atomic E-state index is 11.0. The summed E-state index contributed by atoms with van der Waals surface area (Å²) in [5.41, 5.74) is 4.19. The van der Waals surface area contributed by atoms with E-state index in [0.717, 1.165) is 54.3 Å². The second-order valence-electron chi connectivity index (χ2n) is 6.83. The number of methoxy groups -OCH3 is 1. The van der Waals surface area contributed by atoms with Crippen LogP contribution in [0.1, 0.15) is 29.7 Å². The third-order valence-corrected chi connectivity index (χ3v) is 5.07. The molecule has 2 heterocycles. The predicted molar refractivity (Wildman–Crippen MR) is 107 cm³/mol. The van der Waals surface area contributed by atoms with Gasteiger partial charge < -0.3 is 10.1 Å². The van der Waals surface area contributed by atoms with Crippen molar-refractivity contribution in [3.63, 3.8) is 0 Å². The largest absolute Gasteiger partial charge is 0.496 e. The maximum atomic E-state index is 11.0. The van der Waals surface area contributed by atoms with Crippen molar-refractivity contribution >= 4 is 11.5 Å². The van der Waals surface area contributed by atoms with Gasteiger partial charge in [0.15, 0.2) is 0 Å². The van der Waals surface area contributed by atoms with Crippen LogP contribution in [0.15, 0.2) is 48.5 Å². The zero-order chi connectivity index (χ0) is 19.5. The summed E-state index contributed by atoms with van der Waals surface area (Å²) in [6.45, 7) is 0.889. The molecule has 0 atom stereocenters. The van der Waals surface area contributed by atoms with Crippen LogP contribution in [-0.2, 0) is 12.8 Å². The average Bonchev–Trinajstić information content (AvgIpc) is 2.89. The highest BCUT2D eigenvalue weighted by Crippen LogP contribution is 2.31. The molecular formula is C21H22N4O3. The first-order valence-electron chi connectivity index (χ1n) is 9.38. The Morgan fingerprint density at radius 3 is 2.71 bits per heavy atom. The SMILES string of the molecule is COc1ccccc1Cc1nn(-c2ccc([N+](=O)[O-])cc2)c2c1CCCCN2. The minimum absolute atomic E-state index is 0.0733. The third-order valence-electron chi connectivity index (χ3n) is 5.07. The van der Waals surface area contributed by atoms with Gasteiger partial charge in [0.1, 0.15) is 11.6 Å². The number of anilines is 1. The van der Waals surface area contributed by atoms with Crippen molar-refractivity contribution in [2.45, 2.75) is 25.7 Å².